The lowest BCUT2D eigenvalue weighted by Crippen LogP contribution is -2.09. The van der Waals surface area contributed by atoms with E-state index >= 15 is 0 Å². The second kappa shape index (κ2) is 4.28. The lowest BCUT2D eigenvalue weighted by molar-refractivity contribution is -0.142. The highest BCUT2D eigenvalue weighted by Crippen LogP contribution is 2.16. The molecule has 0 aliphatic heterocycles. The van der Waals surface area contributed by atoms with E-state index in [1.165, 1.54) is 17.8 Å². The Labute approximate surface area is 91.5 Å². The predicted molar refractivity (Wildman–Crippen MR) is 54.6 cm³/mol. The Kier molecular flexibility index (Phi) is 2.82. The molecule has 0 radical (unpaired) electrons. The summed E-state index contributed by atoms with van der Waals surface area (Å²) in [6.45, 7) is 0. The van der Waals surface area contributed by atoms with Crippen LogP contribution in [0.25, 0.3) is 5.65 Å². The van der Waals surface area contributed by atoms with Gasteiger partial charge in [0.15, 0.2) is 5.65 Å². The van der Waals surface area contributed by atoms with Gasteiger partial charge in [0, 0.05) is 24.0 Å². The Hall–Kier alpha value is -1.95. The summed E-state index contributed by atoms with van der Waals surface area (Å²) in [5, 5.41) is 13.7. The van der Waals surface area contributed by atoms with Gasteiger partial charge in [-0.2, -0.15) is 5.10 Å². The first-order chi connectivity index (χ1) is 7.70. The summed E-state index contributed by atoms with van der Waals surface area (Å²) in [6, 6.07) is 1.75. The zero-order valence-corrected chi connectivity index (χ0v) is 8.70. The number of fused-ring (bicyclic) bond motifs is 1. The van der Waals surface area contributed by atoms with Crippen LogP contribution in [0, 0.1) is 0 Å². The fraction of sp³-hybridized carbons (Fsp3) is 0.300. The molecular formula is C10H11N3O3. The molecule has 6 heteroatoms. The lowest BCUT2D eigenvalue weighted by atomic mass is 10.1. The maximum absolute atomic E-state index is 11.0. The molecule has 2 aromatic rings. The summed E-state index contributed by atoms with van der Waals surface area (Å²) >= 11 is 0. The molecule has 0 bridgehead atoms. The number of carbonyl (C=O) groups excluding carboxylic acids is 1. The van der Waals surface area contributed by atoms with Gasteiger partial charge in [0.2, 0.25) is 0 Å². The number of ether oxygens (including phenoxy) is 1. The Bertz CT molecular complexity index is 509. The number of aliphatic hydroxyl groups is 1. The minimum atomic E-state index is -0.923. The van der Waals surface area contributed by atoms with Gasteiger partial charge < -0.3 is 9.84 Å². The Morgan fingerprint density at radius 2 is 2.50 bits per heavy atom. The largest absolute Gasteiger partial charge is 0.469 e. The molecular weight excluding hydrogens is 210 g/mol. The number of methoxy groups -OCH3 is 1. The number of carbonyl (C=O) groups is 1. The van der Waals surface area contributed by atoms with Crippen molar-refractivity contribution < 1.29 is 14.6 Å². The molecule has 2 aromatic heterocycles. The monoisotopic (exact) mass is 221 g/mol. The van der Waals surface area contributed by atoms with Crippen LogP contribution in [-0.2, 0) is 9.53 Å². The van der Waals surface area contributed by atoms with Crippen LogP contribution in [-0.4, -0.2) is 32.8 Å². The highest BCUT2D eigenvalue weighted by molar-refractivity contribution is 5.70. The van der Waals surface area contributed by atoms with Crippen molar-refractivity contribution in [1.29, 1.82) is 0 Å². The first-order valence-corrected chi connectivity index (χ1v) is 4.75. The van der Waals surface area contributed by atoms with Gasteiger partial charge in [0.25, 0.3) is 0 Å². The van der Waals surface area contributed by atoms with E-state index in [4.69, 9.17) is 0 Å². The van der Waals surface area contributed by atoms with Gasteiger partial charge in [0.05, 0.1) is 25.8 Å². The van der Waals surface area contributed by atoms with Crippen LogP contribution in [0.5, 0.6) is 0 Å². The third-order valence-electron chi connectivity index (χ3n) is 2.24. The number of hydrogen-bond acceptors (Lipinski definition) is 5. The van der Waals surface area contributed by atoms with Crippen molar-refractivity contribution in [3.05, 3.63) is 30.2 Å². The van der Waals surface area contributed by atoms with Crippen molar-refractivity contribution in [3.63, 3.8) is 0 Å². The standard InChI is InChI=1S/C10H11N3O3/c1-16-10(15)4-8(14)7-5-11-9-2-3-12-13(9)6-7/h2-3,5-6,8,14H,4H2,1H3/t8-/m1/s1. The average molecular weight is 221 g/mol. The molecule has 84 valence electrons. The number of aromatic nitrogens is 3. The summed E-state index contributed by atoms with van der Waals surface area (Å²) in [5.41, 5.74) is 1.22. The van der Waals surface area contributed by atoms with Crippen molar-refractivity contribution in [1.82, 2.24) is 14.6 Å². The van der Waals surface area contributed by atoms with E-state index in [1.54, 1.807) is 18.5 Å². The second-order valence-corrected chi connectivity index (χ2v) is 3.32. The van der Waals surface area contributed by atoms with E-state index < -0.39 is 12.1 Å². The summed E-state index contributed by atoms with van der Waals surface area (Å²) < 4.78 is 6.01. The van der Waals surface area contributed by atoms with Crippen molar-refractivity contribution >= 4 is 11.6 Å². The van der Waals surface area contributed by atoms with Gasteiger partial charge in [0.1, 0.15) is 0 Å². The predicted octanol–water partition coefficient (Wildman–Crippen LogP) is 0.326. The second-order valence-electron chi connectivity index (χ2n) is 3.32. The normalized spacial score (nSPS) is 12.6. The van der Waals surface area contributed by atoms with E-state index in [1.807, 2.05) is 0 Å². The number of esters is 1. The topological polar surface area (TPSA) is 76.7 Å². The van der Waals surface area contributed by atoms with Crippen LogP contribution >= 0.6 is 0 Å². The van der Waals surface area contributed by atoms with Crippen LogP contribution in [0.2, 0.25) is 0 Å². The minimum Gasteiger partial charge on any atom is -0.469 e. The summed E-state index contributed by atoms with van der Waals surface area (Å²) in [4.78, 5) is 15.1. The Morgan fingerprint density at radius 3 is 3.25 bits per heavy atom. The molecule has 6 nitrogen and oxygen atoms in total. The quantitative estimate of drug-likeness (QED) is 0.755. The molecule has 2 rings (SSSR count). The molecule has 0 fully saturated rings. The Balaban J connectivity index is 2.22. The van der Waals surface area contributed by atoms with Crippen LogP contribution in [0.4, 0.5) is 0 Å². The highest BCUT2D eigenvalue weighted by Gasteiger charge is 2.14. The zero-order chi connectivity index (χ0) is 11.5. The Morgan fingerprint density at radius 1 is 1.69 bits per heavy atom. The molecule has 0 saturated heterocycles. The summed E-state index contributed by atoms with van der Waals surface area (Å²) in [7, 11) is 1.28. The van der Waals surface area contributed by atoms with Crippen LogP contribution in [0.15, 0.2) is 24.7 Å². The van der Waals surface area contributed by atoms with Gasteiger partial charge in [-0.25, -0.2) is 9.50 Å². The molecule has 0 saturated carbocycles. The number of rotatable bonds is 3. The van der Waals surface area contributed by atoms with E-state index in [2.05, 4.69) is 14.8 Å². The number of hydrogen-bond donors (Lipinski definition) is 1. The number of aliphatic hydroxyl groups excluding tert-OH is 1. The van der Waals surface area contributed by atoms with Crippen LogP contribution in [0.3, 0.4) is 0 Å². The SMILES string of the molecule is COC(=O)C[C@@H](O)c1cnc2ccnn2c1. The number of nitrogens with zero attached hydrogens (tertiary/aromatic N) is 3. The molecule has 0 aromatic carbocycles. The summed E-state index contributed by atoms with van der Waals surface area (Å²) in [5.74, 6) is -0.465. The fourth-order valence-corrected chi connectivity index (χ4v) is 1.36. The molecule has 0 unspecified atom stereocenters. The van der Waals surface area contributed by atoms with Gasteiger partial charge in [-0.05, 0) is 0 Å². The average Bonchev–Trinajstić information content (AvgIpc) is 2.75. The third kappa shape index (κ3) is 2.01. The maximum atomic E-state index is 11.0. The maximum Gasteiger partial charge on any atom is 0.308 e. The van der Waals surface area contributed by atoms with Crippen LogP contribution < -0.4 is 0 Å². The lowest BCUT2D eigenvalue weighted by Gasteiger charge is -2.08. The minimum absolute atomic E-state index is 0.0923. The van der Waals surface area contributed by atoms with E-state index in [9.17, 15) is 9.90 Å². The summed E-state index contributed by atoms with van der Waals surface area (Å²) in [6.07, 6.45) is 3.75. The fourth-order valence-electron chi connectivity index (χ4n) is 1.36. The molecule has 0 aliphatic carbocycles. The van der Waals surface area contributed by atoms with Crippen molar-refractivity contribution in [3.8, 4) is 0 Å². The molecule has 1 atom stereocenters. The first-order valence-electron chi connectivity index (χ1n) is 4.75. The van der Waals surface area contributed by atoms with Gasteiger partial charge >= 0.3 is 5.97 Å². The first kappa shape index (κ1) is 10.6. The van der Waals surface area contributed by atoms with E-state index in [0.717, 1.165) is 0 Å². The van der Waals surface area contributed by atoms with Crippen LogP contribution in [0.1, 0.15) is 18.1 Å². The van der Waals surface area contributed by atoms with Gasteiger partial charge in [-0.1, -0.05) is 0 Å². The molecule has 1 N–H and O–H groups in total. The van der Waals surface area contributed by atoms with Crippen molar-refractivity contribution in [2.75, 3.05) is 7.11 Å². The molecule has 2 heterocycles. The van der Waals surface area contributed by atoms with Crippen molar-refractivity contribution in [2.24, 2.45) is 0 Å². The van der Waals surface area contributed by atoms with Gasteiger partial charge in [-0.3, -0.25) is 4.79 Å². The zero-order valence-electron chi connectivity index (χ0n) is 8.70. The molecule has 16 heavy (non-hydrogen) atoms. The highest BCUT2D eigenvalue weighted by atomic mass is 16.5. The smallest absolute Gasteiger partial charge is 0.308 e. The van der Waals surface area contributed by atoms with E-state index in [-0.39, 0.29) is 6.42 Å². The third-order valence-corrected chi connectivity index (χ3v) is 2.24. The molecule has 0 spiro atoms. The molecule has 0 amide bonds. The molecule has 0 aliphatic rings. The van der Waals surface area contributed by atoms with Crippen molar-refractivity contribution in [2.45, 2.75) is 12.5 Å². The van der Waals surface area contributed by atoms with Gasteiger partial charge in [-0.15, -0.1) is 0 Å². The van der Waals surface area contributed by atoms with E-state index in [0.29, 0.717) is 11.2 Å².